The van der Waals surface area contributed by atoms with Crippen molar-refractivity contribution >= 4 is 0 Å². The SMILES string of the molecule is c1coc(CN2CCc3nc(-c4cncnc4)ncc3C2)c1. The Labute approximate surface area is 127 Å². The van der Waals surface area contributed by atoms with Crippen molar-refractivity contribution in [2.24, 2.45) is 0 Å². The van der Waals surface area contributed by atoms with E-state index in [9.17, 15) is 0 Å². The fourth-order valence-corrected chi connectivity index (χ4v) is 2.69. The molecule has 0 aliphatic carbocycles. The predicted octanol–water partition coefficient (Wildman–Crippen LogP) is 2.08. The van der Waals surface area contributed by atoms with Crippen LogP contribution in [0.15, 0.2) is 47.7 Å². The molecule has 0 unspecified atom stereocenters. The first-order valence-electron chi connectivity index (χ1n) is 7.23. The maximum atomic E-state index is 5.41. The van der Waals surface area contributed by atoms with Crippen molar-refractivity contribution in [3.8, 4) is 11.4 Å². The molecule has 6 nitrogen and oxygen atoms in total. The van der Waals surface area contributed by atoms with E-state index in [4.69, 9.17) is 4.42 Å². The van der Waals surface area contributed by atoms with E-state index in [0.717, 1.165) is 43.1 Å². The second-order valence-corrected chi connectivity index (χ2v) is 5.33. The van der Waals surface area contributed by atoms with Crippen molar-refractivity contribution < 1.29 is 4.42 Å². The maximum Gasteiger partial charge on any atom is 0.162 e. The Bertz CT molecular complexity index is 757. The first-order chi connectivity index (χ1) is 10.9. The molecule has 0 bridgehead atoms. The predicted molar refractivity (Wildman–Crippen MR) is 79.6 cm³/mol. The van der Waals surface area contributed by atoms with Crippen LogP contribution in [0, 0.1) is 0 Å². The Morgan fingerprint density at radius 3 is 2.91 bits per heavy atom. The van der Waals surface area contributed by atoms with E-state index < -0.39 is 0 Å². The monoisotopic (exact) mass is 293 g/mol. The fraction of sp³-hybridized carbons (Fsp3) is 0.250. The smallest absolute Gasteiger partial charge is 0.162 e. The van der Waals surface area contributed by atoms with Gasteiger partial charge in [0.15, 0.2) is 5.82 Å². The minimum absolute atomic E-state index is 0.693. The molecule has 0 spiro atoms. The lowest BCUT2D eigenvalue weighted by Crippen LogP contribution is -2.30. The first-order valence-corrected chi connectivity index (χ1v) is 7.23. The molecule has 3 aromatic rings. The zero-order valence-corrected chi connectivity index (χ0v) is 12.0. The number of aromatic nitrogens is 4. The number of rotatable bonds is 3. The quantitative estimate of drug-likeness (QED) is 0.736. The van der Waals surface area contributed by atoms with Gasteiger partial charge in [0.05, 0.1) is 24.1 Å². The third-order valence-corrected chi connectivity index (χ3v) is 3.79. The van der Waals surface area contributed by atoms with Crippen molar-refractivity contribution in [3.05, 3.63) is 60.3 Å². The summed E-state index contributed by atoms with van der Waals surface area (Å²) in [5, 5.41) is 0. The molecule has 0 N–H and O–H groups in total. The van der Waals surface area contributed by atoms with Crippen LogP contribution in [0.2, 0.25) is 0 Å². The molecular weight excluding hydrogens is 278 g/mol. The summed E-state index contributed by atoms with van der Waals surface area (Å²) in [6, 6.07) is 3.93. The minimum atomic E-state index is 0.693. The van der Waals surface area contributed by atoms with Gasteiger partial charge in [-0.1, -0.05) is 0 Å². The molecule has 0 atom stereocenters. The summed E-state index contributed by atoms with van der Waals surface area (Å²) in [7, 11) is 0. The fourth-order valence-electron chi connectivity index (χ4n) is 2.69. The van der Waals surface area contributed by atoms with Crippen LogP contribution in [0.4, 0.5) is 0 Å². The van der Waals surface area contributed by atoms with Gasteiger partial charge in [0.2, 0.25) is 0 Å². The highest BCUT2D eigenvalue weighted by Crippen LogP contribution is 2.21. The van der Waals surface area contributed by atoms with E-state index >= 15 is 0 Å². The number of nitrogens with zero attached hydrogens (tertiary/aromatic N) is 5. The van der Waals surface area contributed by atoms with Crippen LogP contribution < -0.4 is 0 Å². The van der Waals surface area contributed by atoms with Gasteiger partial charge in [0.25, 0.3) is 0 Å². The average molecular weight is 293 g/mol. The van der Waals surface area contributed by atoms with Crippen LogP contribution >= 0.6 is 0 Å². The molecule has 4 rings (SSSR count). The molecule has 1 aliphatic rings. The number of hydrogen-bond acceptors (Lipinski definition) is 6. The van der Waals surface area contributed by atoms with E-state index in [1.54, 1.807) is 18.7 Å². The normalized spacial score (nSPS) is 14.7. The van der Waals surface area contributed by atoms with Gasteiger partial charge in [-0.05, 0) is 12.1 Å². The van der Waals surface area contributed by atoms with Crippen molar-refractivity contribution in [2.75, 3.05) is 6.54 Å². The maximum absolute atomic E-state index is 5.41. The van der Waals surface area contributed by atoms with Crippen LogP contribution in [0.1, 0.15) is 17.0 Å². The van der Waals surface area contributed by atoms with Crippen LogP contribution in [0.25, 0.3) is 11.4 Å². The molecule has 0 fully saturated rings. The molecule has 6 heteroatoms. The third kappa shape index (κ3) is 2.60. The van der Waals surface area contributed by atoms with E-state index in [2.05, 4.69) is 24.8 Å². The summed E-state index contributed by atoms with van der Waals surface area (Å²) in [6.45, 7) is 2.64. The molecule has 0 aromatic carbocycles. The van der Waals surface area contributed by atoms with E-state index in [1.807, 2.05) is 18.3 Å². The molecule has 1 aliphatic heterocycles. The lowest BCUT2D eigenvalue weighted by Gasteiger charge is -2.27. The standard InChI is InChI=1S/C16H15N5O/c1-2-14(22-5-1)10-21-4-3-15-13(9-21)8-19-16(20-15)12-6-17-11-18-7-12/h1-2,5-8,11H,3-4,9-10H2. The van der Waals surface area contributed by atoms with E-state index in [1.165, 1.54) is 11.9 Å². The highest BCUT2D eigenvalue weighted by Gasteiger charge is 2.19. The van der Waals surface area contributed by atoms with Crippen LogP contribution in [-0.2, 0) is 19.5 Å². The first kappa shape index (κ1) is 13.1. The highest BCUT2D eigenvalue weighted by atomic mass is 16.3. The zero-order valence-electron chi connectivity index (χ0n) is 12.0. The van der Waals surface area contributed by atoms with Crippen molar-refractivity contribution in [1.82, 2.24) is 24.8 Å². The molecule has 4 heterocycles. The van der Waals surface area contributed by atoms with Gasteiger partial charge in [0.1, 0.15) is 12.1 Å². The van der Waals surface area contributed by atoms with Gasteiger partial charge in [-0.25, -0.2) is 19.9 Å². The summed E-state index contributed by atoms with van der Waals surface area (Å²) in [6.07, 6.45) is 9.53. The number of furan rings is 1. The molecule has 0 saturated heterocycles. The Hall–Kier alpha value is -2.60. The second-order valence-electron chi connectivity index (χ2n) is 5.33. The molecule has 22 heavy (non-hydrogen) atoms. The lowest BCUT2D eigenvalue weighted by molar-refractivity contribution is 0.223. The minimum Gasteiger partial charge on any atom is -0.468 e. The van der Waals surface area contributed by atoms with Crippen molar-refractivity contribution in [2.45, 2.75) is 19.5 Å². The molecule has 0 saturated carbocycles. The summed E-state index contributed by atoms with van der Waals surface area (Å²) in [5.74, 6) is 1.68. The van der Waals surface area contributed by atoms with Gasteiger partial charge in [-0.15, -0.1) is 0 Å². The number of hydrogen-bond donors (Lipinski definition) is 0. The molecule has 110 valence electrons. The summed E-state index contributed by atoms with van der Waals surface area (Å²) in [5.41, 5.74) is 3.14. The zero-order chi connectivity index (χ0) is 14.8. The Kier molecular flexibility index (Phi) is 3.36. The van der Waals surface area contributed by atoms with Crippen LogP contribution in [-0.4, -0.2) is 31.4 Å². The summed E-state index contributed by atoms with van der Waals surface area (Å²) in [4.78, 5) is 19.5. The van der Waals surface area contributed by atoms with Gasteiger partial charge >= 0.3 is 0 Å². The highest BCUT2D eigenvalue weighted by molar-refractivity contribution is 5.52. The molecular formula is C16H15N5O. The topological polar surface area (TPSA) is 67.9 Å². The van der Waals surface area contributed by atoms with E-state index in [-0.39, 0.29) is 0 Å². The van der Waals surface area contributed by atoms with Crippen molar-refractivity contribution in [1.29, 1.82) is 0 Å². The summed E-state index contributed by atoms with van der Waals surface area (Å²) >= 11 is 0. The third-order valence-electron chi connectivity index (χ3n) is 3.79. The van der Waals surface area contributed by atoms with Crippen LogP contribution in [0.3, 0.4) is 0 Å². The average Bonchev–Trinajstić information content (AvgIpc) is 3.08. The van der Waals surface area contributed by atoms with Crippen LogP contribution in [0.5, 0.6) is 0 Å². The van der Waals surface area contributed by atoms with Gasteiger partial charge in [-0.3, -0.25) is 4.90 Å². The number of fused-ring (bicyclic) bond motifs is 1. The Morgan fingerprint density at radius 1 is 1.18 bits per heavy atom. The van der Waals surface area contributed by atoms with Crippen molar-refractivity contribution in [3.63, 3.8) is 0 Å². The van der Waals surface area contributed by atoms with Gasteiger partial charge in [-0.2, -0.15) is 0 Å². The summed E-state index contributed by atoms with van der Waals surface area (Å²) < 4.78 is 5.41. The van der Waals surface area contributed by atoms with Gasteiger partial charge in [0, 0.05) is 43.7 Å². The van der Waals surface area contributed by atoms with Gasteiger partial charge < -0.3 is 4.42 Å². The largest absolute Gasteiger partial charge is 0.468 e. The molecule has 3 aromatic heterocycles. The second kappa shape index (κ2) is 5.65. The lowest BCUT2D eigenvalue weighted by atomic mass is 10.1. The van der Waals surface area contributed by atoms with E-state index in [0.29, 0.717) is 5.82 Å². The Balaban J connectivity index is 1.54. The molecule has 0 radical (unpaired) electrons. The molecule has 0 amide bonds. The Morgan fingerprint density at radius 2 is 2.09 bits per heavy atom.